The fourth-order valence-corrected chi connectivity index (χ4v) is 2.58. The third-order valence-electron chi connectivity index (χ3n) is 3.71. The Morgan fingerprint density at radius 2 is 2.00 bits per heavy atom. The van der Waals surface area contributed by atoms with Crippen LogP contribution in [0.3, 0.4) is 0 Å². The number of nitrogens with two attached hydrogens (primary N) is 1. The van der Waals surface area contributed by atoms with Gasteiger partial charge < -0.3 is 20.5 Å². The number of nitrogens with one attached hydrogen (secondary N) is 1. The molecule has 0 spiro atoms. The van der Waals surface area contributed by atoms with E-state index in [-0.39, 0.29) is 18.1 Å². The number of likely N-dealkylation sites (tertiary alicyclic amines) is 1. The molecule has 0 aromatic heterocycles. The van der Waals surface area contributed by atoms with E-state index in [0.29, 0.717) is 26.2 Å². The summed E-state index contributed by atoms with van der Waals surface area (Å²) in [6.07, 6.45) is 0.0340. The highest BCUT2D eigenvalue weighted by molar-refractivity contribution is 5.92. The Hall–Kier alpha value is -1.47. The summed E-state index contributed by atoms with van der Waals surface area (Å²) in [5.74, 6) is -0.0456. The van der Waals surface area contributed by atoms with Gasteiger partial charge >= 0.3 is 0 Å². The van der Waals surface area contributed by atoms with Gasteiger partial charge in [0.05, 0.1) is 18.8 Å². The molecular weight excluding hydrogens is 270 g/mol. The largest absolute Gasteiger partial charge is 0.377 e. The van der Waals surface area contributed by atoms with Crippen molar-refractivity contribution in [1.82, 2.24) is 4.90 Å². The standard InChI is InChI=1S/C15H23N3O3/c1-20-13-8-18(9-14(13)21-2)10-15(19)17-12-5-3-4-11(6-12)7-16/h3-6,13-14H,7-10,16H2,1-2H3,(H,17,19). The third-order valence-corrected chi connectivity index (χ3v) is 3.71. The number of nitrogens with zero attached hydrogens (tertiary/aromatic N) is 1. The molecule has 1 aliphatic heterocycles. The van der Waals surface area contributed by atoms with Crippen LogP contribution in [0.2, 0.25) is 0 Å². The summed E-state index contributed by atoms with van der Waals surface area (Å²) >= 11 is 0. The van der Waals surface area contributed by atoms with Crippen molar-refractivity contribution in [3.8, 4) is 0 Å². The van der Waals surface area contributed by atoms with Gasteiger partial charge in [0.1, 0.15) is 0 Å². The van der Waals surface area contributed by atoms with E-state index in [1.165, 1.54) is 0 Å². The van der Waals surface area contributed by atoms with Crippen LogP contribution in [-0.4, -0.2) is 56.9 Å². The second-order valence-electron chi connectivity index (χ2n) is 5.20. The molecule has 1 amide bonds. The van der Waals surface area contributed by atoms with Crippen molar-refractivity contribution in [3.05, 3.63) is 29.8 Å². The molecule has 1 aromatic rings. The number of ether oxygens (including phenoxy) is 2. The maximum absolute atomic E-state index is 12.1. The first-order valence-corrected chi connectivity index (χ1v) is 7.03. The summed E-state index contributed by atoms with van der Waals surface area (Å²) in [5, 5.41) is 2.89. The number of rotatable bonds is 6. The van der Waals surface area contributed by atoms with Crippen molar-refractivity contribution in [3.63, 3.8) is 0 Å². The van der Waals surface area contributed by atoms with Crippen LogP contribution in [0.1, 0.15) is 5.56 Å². The van der Waals surface area contributed by atoms with E-state index in [0.717, 1.165) is 11.3 Å². The minimum atomic E-state index is -0.0456. The minimum Gasteiger partial charge on any atom is -0.377 e. The molecule has 1 fully saturated rings. The number of methoxy groups -OCH3 is 2. The zero-order chi connectivity index (χ0) is 15.2. The summed E-state index contributed by atoms with van der Waals surface area (Å²) in [6, 6.07) is 7.56. The lowest BCUT2D eigenvalue weighted by atomic mass is 10.2. The average molecular weight is 293 g/mol. The lowest BCUT2D eigenvalue weighted by Gasteiger charge is -2.15. The average Bonchev–Trinajstić information content (AvgIpc) is 2.89. The molecule has 3 N–H and O–H groups in total. The summed E-state index contributed by atoms with van der Waals surface area (Å²) in [7, 11) is 3.33. The predicted molar refractivity (Wildman–Crippen MR) is 81.0 cm³/mol. The predicted octanol–water partition coefficient (Wildman–Crippen LogP) is 0.429. The van der Waals surface area contributed by atoms with Crippen LogP contribution in [0.5, 0.6) is 0 Å². The van der Waals surface area contributed by atoms with Gasteiger partial charge in [-0.05, 0) is 17.7 Å². The molecule has 1 saturated heterocycles. The molecule has 116 valence electrons. The number of carbonyl (C=O) groups is 1. The molecule has 1 aliphatic rings. The minimum absolute atomic E-state index is 0.0170. The van der Waals surface area contributed by atoms with Crippen LogP contribution in [-0.2, 0) is 20.8 Å². The summed E-state index contributed by atoms with van der Waals surface area (Å²) in [6.45, 7) is 2.18. The van der Waals surface area contributed by atoms with Gasteiger partial charge in [-0.1, -0.05) is 12.1 Å². The topological polar surface area (TPSA) is 76.8 Å². The van der Waals surface area contributed by atoms with Crippen molar-refractivity contribution < 1.29 is 14.3 Å². The molecule has 2 atom stereocenters. The van der Waals surface area contributed by atoms with E-state index in [2.05, 4.69) is 5.32 Å². The van der Waals surface area contributed by atoms with Crippen LogP contribution in [0.15, 0.2) is 24.3 Å². The van der Waals surface area contributed by atoms with Crippen molar-refractivity contribution >= 4 is 11.6 Å². The lowest BCUT2D eigenvalue weighted by Crippen LogP contribution is -2.32. The number of hydrogen-bond acceptors (Lipinski definition) is 5. The number of hydrogen-bond donors (Lipinski definition) is 2. The fraction of sp³-hybridized carbons (Fsp3) is 0.533. The molecular formula is C15H23N3O3. The number of amides is 1. The Balaban J connectivity index is 1.87. The first kappa shape index (κ1) is 15.9. The first-order valence-electron chi connectivity index (χ1n) is 7.03. The molecule has 1 aromatic carbocycles. The molecule has 6 heteroatoms. The zero-order valence-electron chi connectivity index (χ0n) is 12.5. The van der Waals surface area contributed by atoms with E-state index in [4.69, 9.17) is 15.2 Å². The Morgan fingerprint density at radius 3 is 2.57 bits per heavy atom. The van der Waals surface area contributed by atoms with Gasteiger partial charge in [0.2, 0.25) is 5.91 Å². The SMILES string of the molecule is COC1CN(CC(=O)Nc2cccc(CN)c2)CC1OC. The maximum Gasteiger partial charge on any atom is 0.238 e. The summed E-state index contributed by atoms with van der Waals surface area (Å²) in [4.78, 5) is 14.1. The molecule has 0 radical (unpaired) electrons. The second kappa shape index (κ2) is 7.51. The molecule has 2 unspecified atom stereocenters. The monoisotopic (exact) mass is 293 g/mol. The van der Waals surface area contributed by atoms with Crippen LogP contribution >= 0.6 is 0 Å². The zero-order valence-corrected chi connectivity index (χ0v) is 12.5. The van der Waals surface area contributed by atoms with Gasteiger partial charge in [-0.15, -0.1) is 0 Å². The lowest BCUT2D eigenvalue weighted by molar-refractivity contribution is -0.117. The van der Waals surface area contributed by atoms with Gasteiger partial charge in [0.15, 0.2) is 0 Å². The van der Waals surface area contributed by atoms with E-state index < -0.39 is 0 Å². The quantitative estimate of drug-likeness (QED) is 0.795. The van der Waals surface area contributed by atoms with Crippen molar-refractivity contribution in [2.75, 3.05) is 39.2 Å². The highest BCUT2D eigenvalue weighted by Gasteiger charge is 2.33. The molecule has 2 rings (SSSR count). The highest BCUT2D eigenvalue weighted by Crippen LogP contribution is 2.16. The maximum atomic E-state index is 12.1. The van der Waals surface area contributed by atoms with Gasteiger partial charge in [0, 0.05) is 39.5 Å². The van der Waals surface area contributed by atoms with Crippen molar-refractivity contribution in [2.24, 2.45) is 5.73 Å². The Kier molecular flexibility index (Phi) is 5.69. The summed E-state index contributed by atoms with van der Waals surface area (Å²) in [5.41, 5.74) is 7.36. The Bertz CT molecular complexity index is 469. The summed E-state index contributed by atoms with van der Waals surface area (Å²) < 4.78 is 10.7. The number of carbonyl (C=O) groups excluding carboxylic acids is 1. The van der Waals surface area contributed by atoms with E-state index >= 15 is 0 Å². The van der Waals surface area contributed by atoms with Crippen molar-refractivity contribution in [1.29, 1.82) is 0 Å². The first-order chi connectivity index (χ1) is 10.2. The molecule has 0 bridgehead atoms. The molecule has 0 aliphatic carbocycles. The van der Waals surface area contributed by atoms with Crippen molar-refractivity contribution in [2.45, 2.75) is 18.8 Å². The normalized spacial score (nSPS) is 22.4. The van der Waals surface area contributed by atoms with E-state index in [9.17, 15) is 4.79 Å². The van der Waals surface area contributed by atoms with Gasteiger partial charge in [0.25, 0.3) is 0 Å². The number of anilines is 1. The molecule has 21 heavy (non-hydrogen) atoms. The van der Waals surface area contributed by atoms with Crippen LogP contribution < -0.4 is 11.1 Å². The van der Waals surface area contributed by atoms with Crippen LogP contribution in [0, 0.1) is 0 Å². The van der Waals surface area contributed by atoms with Crippen LogP contribution in [0.4, 0.5) is 5.69 Å². The van der Waals surface area contributed by atoms with Crippen LogP contribution in [0.25, 0.3) is 0 Å². The van der Waals surface area contributed by atoms with Gasteiger partial charge in [-0.3, -0.25) is 9.69 Å². The highest BCUT2D eigenvalue weighted by atomic mass is 16.5. The molecule has 0 saturated carbocycles. The fourth-order valence-electron chi connectivity index (χ4n) is 2.58. The third kappa shape index (κ3) is 4.25. The molecule has 6 nitrogen and oxygen atoms in total. The van der Waals surface area contributed by atoms with E-state index in [1.807, 2.05) is 29.2 Å². The Labute approximate surface area is 125 Å². The molecule has 1 heterocycles. The smallest absolute Gasteiger partial charge is 0.238 e. The Morgan fingerprint density at radius 1 is 1.33 bits per heavy atom. The van der Waals surface area contributed by atoms with E-state index in [1.54, 1.807) is 14.2 Å². The number of benzene rings is 1. The van der Waals surface area contributed by atoms with Gasteiger partial charge in [-0.25, -0.2) is 0 Å². The van der Waals surface area contributed by atoms with Gasteiger partial charge in [-0.2, -0.15) is 0 Å². The second-order valence-corrected chi connectivity index (χ2v) is 5.20.